The van der Waals surface area contributed by atoms with Crippen LogP contribution < -0.4 is 15.4 Å². The molecule has 7 nitrogen and oxygen atoms in total. The number of nitrogens with one attached hydrogen (secondary N) is 2. The second-order valence-corrected chi connectivity index (χ2v) is 9.54. The lowest BCUT2D eigenvalue weighted by molar-refractivity contribution is 0.273. The summed E-state index contributed by atoms with van der Waals surface area (Å²) in [5.74, 6) is 2.06. The summed E-state index contributed by atoms with van der Waals surface area (Å²) in [6, 6.07) is 16.7. The molecule has 0 radical (unpaired) electrons. The van der Waals surface area contributed by atoms with Gasteiger partial charge in [-0.25, -0.2) is 8.42 Å². The first-order chi connectivity index (χ1) is 15.0. The lowest BCUT2D eigenvalue weighted by Crippen LogP contribution is -2.44. The molecule has 0 amide bonds. The number of piperidine rings is 1. The van der Waals surface area contributed by atoms with Gasteiger partial charge in [-0.1, -0.05) is 36.4 Å². The number of hydrogen-bond donors (Lipinski definition) is 2. The van der Waals surface area contributed by atoms with Crippen LogP contribution in [0, 0.1) is 5.92 Å². The zero-order chi connectivity index (χ0) is 22.1. The molecule has 1 aliphatic rings. The molecule has 2 aromatic carbocycles. The van der Waals surface area contributed by atoms with Gasteiger partial charge >= 0.3 is 0 Å². The Morgan fingerprint density at radius 3 is 2.42 bits per heavy atom. The number of ether oxygens (including phenoxy) is 1. The quantitative estimate of drug-likeness (QED) is 0.483. The fourth-order valence-electron chi connectivity index (χ4n) is 3.78. The van der Waals surface area contributed by atoms with Crippen LogP contribution in [0.2, 0.25) is 0 Å². The van der Waals surface area contributed by atoms with E-state index >= 15 is 0 Å². The average Bonchev–Trinajstić information content (AvgIpc) is 2.82. The van der Waals surface area contributed by atoms with Gasteiger partial charge in [0.2, 0.25) is 10.0 Å². The summed E-state index contributed by atoms with van der Waals surface area (Å²) in [5, 5.41) is 6.72. The largest absolute Gasteiger partial charge is 0.496 e. The van der Waals surface area contributed by atoms with E-state index in [2.05, 4.69) is 21.7 Å². The van der Waals surface area contributed by atoms with Gasteiger partial charge in [-0.3, -0.25) is 4.99 Å². The van der Waals surface area contributed by atoms with Gasteiger partial charge in [0.25, 0.3) is 0 Å². The smallest absolute Gasteiger partial charge is 0.243 e. The van der Waals surface area contributed by atoms with Gasteiger partial charge < -0.3 is 15.4 Å². The Morgan fingerprint density at radius 2 is 1.74 bits per heavy atom. The maximum Gasteiger partial charge on any atom is 0.243 e. The molecule has 168 valence electrons. The summed E-state index contributed by atoms with van der Waals surface area (Å²) in [4.78, 5) is 4.66. The van der Waals surface area contributed by atoms with Crippen molar-refractivity contribution in [2.75, 3.05) is 40.3 Å². The Hall–Kier alpha value is -2.58. The molecular formula is C23H32N4O3S. The third-order valence-corrected chi connectivity index (χ3v) is 7.53. The van der Waals surface area contributed by atoms with Crippen LogP contribution in [0.5, 0.6) is 5.75 Å². The molecule has 3 rings (SSSR count). The third kappa shape index (κ3) is 6.21. The van der Waals surface area contributed by atoms with Gasteiger partial charge in [0.05, 0.1) is 12.0 Å². The van der Waals surface area contributed by atoms with Gasteiger partial charge in [0.15, 0.2) is 5.96 Å². The van der Waals surface area contributed by atoms with Crippen molar-refractivity contribution < 1.29 is 13.2 Å². The molecule has 1 saturated heterocycles. The molecule has 0 spiro atoms. The van der Waals surface area contributed by atoms with Crippen molar-refractivity contribution in [3.05, 3.63) is 60.2 Å². The predicted molar refractivity (Wildman–Crippen MR) is 124 cm³/mol. The highest BCUT2D eigenvalue weighted by Gasteiger charge is 2.29. The Balaban J connectivity index is 1.42. The van der Waals surface area contributed by atoms with E-state index in [1.54, 1.807) is 42.7 Å². The van der Waals surface area contributed by atoms with E-state index in [4.69, 9.17) is 4.74 Å². The average molecular weight is 445 g/mol. The molecule has 0 unspecified atom stereocenters. The van der Waals surface area contributed by atoms with E-state index in [0.29, 0.717) is 23.9 Å². The van der Waals surface area contributed by atoms with Crippen LogP contribution in [-0.4, -0.2) is 59.0 Å². The van der Waals surface area contributed by atoms with Gasteiger partial charge in [-0.15, -0.1) is 0 Å². The molecule has 2 aromatic rings. The Labute approximate surface area is 185 Å². The highest BCUT2D eigenvalue weighted by atomic mass is 32.2. The Bertz CT molecular complexity index is 956. The monoisotopic (exact) mass is 444 g/mol. The van der Waals surface area contributed by atoms with E-state index in [1.807, 2.05) is 24.3 Å². The predicted octanol–water partition coefficient (Wildman–Crippen LogP) is 2.50. The number of guanidine groups is 1. The highest BCUT2D eigenvalue weighted by molar-refractivity contribution is 7.89. The summed E-state index contributed by atoms with van der Waals surface area (Å²) < 4.78 is 32.5. The lowest BCUT2D eigenvalue weighted by Gasteiger charge is -2.31. The highest BCUT2D eigenvalue weighted by Crippen LogP contribution is 2.23. The topological polar surface area (TPSA) is 83.0 Å². The van der Waals surface area contributed by atoms with Crippen LogP contribution in [-0.2, 0) is 16.4 Å². The van der Waals surface area contributed by atoms with E-state index in [1.165, 1.54) is 0 Å². The standard InChI is InChI=1S/C23H32N4O3S/c1-24-23(25-15-12-20-8-6-7-11-22(20)30-2)26-18-19-13-16-27(17-14-19)31(28,29)21-9-4-3-5-10-21/h3-11,19H,12-18H2,1-2H3,(H2,24,25,26). The van der Waals surface area contributed by atoms with Crippen molar-refractivity contribution in [1.29, 1.82) is 0 Å². The second-order valence-electron chi connectivity index (χ2n) is 7.60. The van der Waals surface area contributed by atoms with Crippen molar-refractivity contribution >= 4 is 16.0 Å². The second kappa shape index (κ2) is 11.2. The molecule has 0 aromatic heterocycles. The first-order valence-corrected chi connectivity index (χ1v) is 12.1. The number of para-hydroxylation sites is 1. The van der Waals surface area contributed by atoms with E-state index in [-0.39, 0.29) is 0 Å². The summed E-state index contributed by atoms with van der Waals surface area (Å²) in [5.41, 5.74) is 1.15. The van der Waals surface area contributed by atoms with Gasteiger partial charge in [0, 0.05) is 33.2 Å². The van der Waals surface area contributed by atoms with E-state index < -0.39 is 10.0 Å². The number of benzene rings is 2. The van der Waals surface area contributed by atoms with Crippen molar-refractivity contribution in [1.82, 2.24) is 14.9 Å². The minimum atomic E-state index is -3.40. The zero-order valence-electron chi connectivity index (χ0n) is 18.3. The lowest BCUT2D eigenvalue weighted by atomic mass is 9.98. The third-order valence-electron chi connectivity index (χ3n) is 5.62. The zero-order valence-corrected chi connectivity index (χ0v) is 19.1. The SMILES string of the molecule is CN=C(NCCc1ccccc1OC)NCC1CCN(S(=O)(=O)c2ccccc2)CC1. The van der Waals surface area contributed by atoms with Crippen LogP contribution in [0.1, 0.15) is 18.4 Å². The Morgan fingerprint density at radius 1 is 1.06 bits per heavy atom. The van der Waals surface area contributed by atoms with Crippen LogP contribution >= 0.6 is 0 Å². The summed E-state index contributed by atoms with van der Waals surface area (Å²) in [7, 11) is 0.0421. The Kier molecular flexibility index (Phi) is 8.31. The maximum atomic E-state index is 12.8. The molecule has 1 heterocycles. The number of hydrogen-bond acceptors (Lipinski definition) is 4. The van der Waals surface area contributed by atoms with Gasteiger partial charge in [-0.2, -0.15) is 4.31 Å². The first kappa shape index (κ1) is 23.1. The van der Waals surface area contributed by atoms with Crippen LogP contribution in [0.25, 0.3) is 0 Å². The fourth-order valence-corrected chi connectivity index (χ4v) is 5.27. The summed E-state index contributed by atoms with van der Waals surface area (Å²) >= 11 is 0. The van der Waals surface area contributed by atoms with Crippen LogP contribution in [0.3, 0.4) is 0 Å². The molecule has 31 heavy (non-hydrogen) atoms. The molecule has 0 aliphatic carbocycles. The van der Waals surface area contributed by atoms with Gasteiger partial charge in [-0.05, 0) is 48.9 Å². The minimum Gasteiger partial charge on any atom is -0.496 e. The van der Waals surface area contributed by atoms with Crippen molar-refractivity contribution in [2.45, 2.75) is 24.2 Å². The first-order valence-electron chi connectivity index (χ1n) is 10.7. The number of rotatable bonds is 8. The number of aliphatic imine (C=N–C) groups is 1. The maximum absolute atomic E-state index is 12.8. The summed E-state index contributed by atoms with van der Waals surface area (Å²) in [6.07, 6.45) is 2.50. The number of nitrogens with zero attached hydrogens (tertiary/aromatic N) is 2. The van der Waals surface area contributed by atoms with Crippen LogP contribution in [0.15, 0.2) is 64.5 Å². The molecular weight excluding hydrogens is 412 g/mol. The molecule has 0 saturated carbocycles. The normalized spacial score (nSPS) is 16.1. The van der Waals surface area contributed by atoms with Crippen molar-refractivity contribution in [3.8, 4) is 5.75 Å². The van der Waals surface area contributed by atoms with Crippen molar-refractivity contribution in [2.24, 2.45) is 10.9 Å². The fraction of sp³-hybridized carbons (Fsp3) is 0.435. The van der Waals surface area contributed by atoms with E-state index in [0.717, 1.165) is 49.6 Å². The molecule has 8 heteroatoms. The molecule has 1 aliphatic heterocycles. The van der Waals surface area contributed by atoms with E-state index in [9.17, 15) is 8.42 Å². The molecule has 0 atom stereocenters. The van der Waals surface area contributed by atoms with Crippen LogP contribution in [0.4, 0.5) is 0 Å². The minimum absolute atomic E-state index is 0.367. The number of methoxy groups -OCH3 is 1. The summed E-state index contributed by atoms with van der Waals surface area (Å²) in [6.45, 7) is 2.61. The van der Waals surface area contributed by atoms with Crippen molar-refractivity contribution in [3.63, 3.8) is 0 Å². The van der Waals surface area contributed by atoms with Gasteiger partial charge in [0.1, 0.15) is 5.75 Å². The molecule has 0 bridgehead atoms. The molecule has 2 N–H and O–H groups in total. The number of sulfonamides is 1. The molecule has 1 fully saturated rings.